The highest BCUT2D eigenvalue weighted by atomic mass is 16.6. The number of hydrogen-bond acceptors (Lipinski definition) is 8. The molecule has 0 spiro atoms. The second kappa shape index (κ2) is 8.99. The molecule has 0 fully saturated rings. The topological polar surface area (TPSA) is 163 Å². The molecule has 1 heterocycles. The van der Waals surface area contributed by atoms with E-state index in [-0.39, 0.29) is 0 Å². The van der Waals surface area contributed by atoms with Crippen molar-refractivity contribution in [3.05, 3.63) is 96.8 Å². The zero-order chi connectivity index (χ0) is 21.6. The molecule has 0 saturated carbocycles. The average Bonchev–Trinajstić information content (AvgIpc) is 2.68. The van der Waals surface area contributed by atoms with E-state index in [2.05, 4.69) is 23.2 Å². The molecule has 0 aliphatic rings. The fourth-order valence-corrected chi connectivity index (χ4v) is 2.33. The van der Waals surface area contributed by atoms with Gasteiger partial charge in [-0.3, -0.25) is 35.3 Å². The van der Waals surface area contributed by atoms with Crippen LogP contribution in [0.15, 0.2) is 60.8 Å². The van der Waals surface area contributed by atoms with Crippen molar-refractivity contribution in [3.63, 3.8) is 0 Å². The first-order valence-electron chi connectivity index (χ1n) is 7.99. The summed E-state index contributed by atoms with van der Waals surface area (Å²) in [6, 6.07) is 15.3. The Morgan fingerprint density at radius 1 is 0.793 bits per heavy atom. The number of phenols is 1. The van der Waals surface area contributed by atoms with Gasteiger partial charge in [-0.05, 0) is 30.2 Å². The van der Waals surface area contributed by atoms with Gasteiger partial charge in [-0.15, -0.1) is 0 Å². The molecular weight excluding hydrogens is 384 g/mol. The average molecular weight is 398 g/mol. The van der Waals surface area contributed by atoms with Gasteiger partial charge >= 0.3 is 11.4 Å². The minimum absolute atomic E-state index is 0.447. The van der Waals surface area contributed by atoms with Crippen molar-refractivity contribution in [3.8, 4) is 16.9 Å². The third-order valence-electron chi connectivity index (χ3n) is 3.66. The third kappa shape index (κ3) is 5.29. The first-order chi connectivity index (χ1) is 13.7. The molecule has 11 nitrogen and oxygen atoms in total. The van der Waals surface area contributed by atoms with Crippen molar-refractivity contribution < 1.29 is 19.9 Å². The Labute approximate surface area is 163 Å². The van der Waals surface area contributed by atoms with Crippen LogP contribution in [0.2, 0.25) is 0 Å². The minimum atomic E-state index is -1.21. The lowest BCUT2D eigenvalue weighted by Gasteiger charge is -2.00. The zero-order valence-corrected chi connectivity index (χ0v) is 15.0. The van der Waals surface area contributed by atoms with Crippen LogP contribution in [0, 0.1) is 37.3 Å². The molecule has 11 heteroatoms. The van der Waals surface area contributed by atoms with Gasteiger partial charge in [-0.25, -0.2) is 0 Å². The highest BCUT2D eigenvalue weighted by Crippen LogP contribution is 2.38. The smallest absolute Gasteiger partial charge is 0.324 e. The molecule has 3 rings (SSSR count). The molecule has 0 aliphatic carbocycles. The molecular formula is C18H14N4O7. The minimum Gasteiger partial charge on any atom is -0.497 e. The number of rotatable bonds is 4. The van der Waals surface area contributed by atoms with Gasteiger partial charge in [-0.1, -0.05) is 30.3 Å². The van der Waals surface area contributed by atoms with Crippen molar-refractivity contribution >= 4 is 17.1 Å². The van der Waals surface area contributed by atoms with Crippen LogP contribution >= 0.6 is 0 Å². The van der Waals surface area contributed by atoms with E-state index in [0.29, 0.717) is 12.1 Å². The number of non-ortho nitro benzene ring substituents is 1. The lowest BCUT2D eigenvalue weighted by molar-refractivity contribution is -0.404. The number of nitro benzene ring substituents is 3. The highest BCUT2D eigenvalue weighted by Gasteiger charge is 2.30. The van der Waals surface area contributed by atoms with Gasteiger partial charge in [0.05, 0.1) is 26.9 Å². The maximum Gasteiger partial charge on any atom is 0.324 e. The standard InChI is InChI=1S/C12H11N.C6H3N3O7/c1-10-9-12(7-8-13-10)11-5-3-2-4-6-11;10-6-4(8(13)14)1-3(7(11)12)2-5(6)9(15)16/h2-9H,1H3;1-2,10H. The summed E-state index contributed by atoms with van der Waals surface area (Å²) in [5.74, 6) is -1.21. The van der Waals surface area contributed by atoms with Crippen molar-refractivity contribution in [1.82, 2.24) is 4.98 Å². The summed E-state index contributed by atoms with van der Waals surface area (Å²) in [5.41, 5.74) is 0.528. The monoisotopic (exact) mass is 398 g/mol. The van der Waals surface area contributed by atoms with Crippen LogP contribution in [0.4, 0.5) is 17.1 Å². The van der Waals surface area contributed by atoms with E-state index < -0.39 is 37.6 Å². The van der Waals surface area contributed by atoms with Crippen LogP contribution in [-0.4, -0.2) is 24.9 Å². The van der Waals surface area contributed by atoms with Crippen LogP contribution in [0.3, 0.4) is 0 Å². The lowest BCUT2D eigenvalue weighted by Crippen LogP contribution is -1.97. The van der Waals surface area contributed by atoms with Crippen LogP contribution in [0.1, 0.15) is 5.69 Å². The predicted molar refractivity (Wildman–Crippen MR) is 102 cm³/mol. The fourth-order valence-electron chi connectivity index (χ4n) is 2.33. The second-order valence-electron chi connectivity index (χ2n) is 5.66. The summed E-state index contributed by atoms with van der Waals surface area (Å²) in [6.45, 7) is 2.01. The first kappa shape index (κ1) is 20.9. The molecule has 29 heavy (non-hydrogen) atoms. The summed E-state index contributed by atoms with van der Waals surface area (Å²) in [7, 11) is 0. The molecule has 148 valence electrons. The highest BCUT2D eigenvalue weighted by molar-refractivity contribution is 5.65. The summed E-state index contributed by atoms with van der Waals surface area (Å²) in [5, 5.41) is 40.2. The van der Waals surface area contributed by atoms with Gasteiger partial charge in [-0.2, -0.15) is 0 Å². The van der Waals surface area contributed by atoms with E-state index in [1.807, 2.05) is 37.4 Å². The molecule has 2 aromatic carbocycles. The Bertz CT molecular complexity index is 1040. The number of phenolic OH excluding ortho intramolecular Hbond substituents is 1. The van der Waals surface area contributed by atoms with Gasteiger partial charge in [0.25, 0.3) is 11.4 Å². The SMILES string of the molecule is Cc1cc(-c2ccccc2)ccn1.O=[N+]([O-])c1cc([N+](=O)[O-])c(O)c([N+](=O)[O-])c1. The summed E-state index contributed by atoms with van der Waals surface area (Å²) >= 11 is 0. The summed E-state index contributed by atoms with van der Waals surface area (Å²) < 4.78 is 0. The molecule has 0 aliphatic heterocycles. The number of nitrogens with zero attached hydrogens (tertiary/aromatic N) is 4. The van der Waals surface area contributed by atoms with Gasteiger partial charge in [0.2, 0.25) is 0 Å². The number of pyridine rings is 1. The molecule has 1 aromatic heterocycles. The van der Waals surface area contributed by atoms with E-state index in [1.54, 1.807) is 0 Å². The van der Waals surface area contributed by atoms with E-state index in [1.165, 1.54) is 11.1 Å². The molecule has 0 amide bonds. The van der Waals surface area contributed by atoms with Crippen molar-refractivity contribution in [2.75, 3.05) is 0 Å². The summed E-state index contributed by atoms with van der Waals surface area (Å²) in [6.07, 6.45) is 1.84. The van der Waals surface area contributed by atoms with E-state index >= 15 is 0 Å². The number of aryl methyl sites for hydroxylation is 1. The van der Waals surface area contributed by atoms with E-state index in [0.717, 1.165) is 5.69 Å². The number of benzene rings is 2. The molecule has 0 saturated heterocycles. The zero-order valence-electron chi connectivity index (χ0n) is 15.0. The normalized spacial score (nSPS) is 9.83. The fraction of sp³-hybridized carbons (Fsp3) is 0.0556. The van der Waals surface area contributed by atoms with E-state index in [4.69, 9.17) is 5.11 Å². The Morgan fingerprint density at radius 3 is 1.79 bits per heavy atom. The molecule has 1 N–H and O–H groups in total. The van der Waals surface area contributed by atoms with Crippen LogP contribution in [0.5, 0.6) is 5.75 Å². The first-order valence-corrected chi connectivity index (χ1v) is 7.99. The van der Waals surface area contributed by atoms with Gasteiger partial charge in [0.15, 0.2) is 0 Å². The molecule has 0 radical (unpaired) electrons. The second-order valence-corrected chi connectivity index (χ2v) is 5.66. The van der Waals surface area contributed by atoms with Crippen molar-refractivity contribution in [2.45, 2.75) is 6.92 Å². The van der Waals surface area contributed by atoms with Crippen LogP contribution in [0.25, 0.3) is 11.1 Å². The maximum atomic E-state index is 10.4. The molecule has 0 atom stereocenters. The quantitative estimate of drug-likeness (QED) is 0.505. The largest absolute Gasteiger partial charge is 0.497 e. The van der Waals surface area contributed by atoms with Crippen molar-refractivity contribution in [2.24, 2.45) is 0 Å². The van der Waals surface area contributed by atoms with Gasteiger partial charge < -0.3 is 5.11 Å². The number of aromatic nitrogens is 1. The van der Waals surface area contributed by atoms with Crippen LogP contribution < -0.4 is 0 Å². The van der Waals surface area contributed by atoms with Crippen LogP contribution in [-0.2, 0) is 0 Å². The Balaban J connectivity index is 0.000000211. The Hall–Kier alpha value is -4.41. The Kier molecular flexibility index (Phi) is 6.48. The van der Waals surface area contributed by atoms with Gasteiger partial charge in [0, 0.05) is 11.9 Å². The maximum absolute atomic E-state index is 10.4. The Morgan fingerprint density at radius 2 is 1.34 bits per heavy atom. The molecule has 0 bridgehead atoms. The lowest BCUT2D eigenvalue weighted by atomic mass is 10.1. The van der Waals surface area contributed by atoms with E-state index in [9.17, 15) is 30.3 Å². The number of aromatic hydroxyl groups is 1. The number of hydrogen-bond donors (Lipinski definition) is 1. The molecule has 3 aromatic rings. The number of nitro groups is 3. The third-order valence-corrected chi connectivity index (χ3v) is 3.66. The summed E-state index contributed by atoms with van der Waals surface area (Å²) in [4.78, 5) is 31.9. The molecule has 0 unspecified atom stereocenters. The van der Waals surface area contributed by atoms with Crippen molar-refractivity contribution in [1.29, 1.82) is 0 Å². The van der Waals surface area contributed by atoms with Gasteiger partial charge in [0.1, 0.15) is 0 Å². The predicted octanol–water partition coefficient (Wildman–Crippen LogP) is 4.17.